The highest BCUT2D eigenvalue weighted by molar-refractivity contribution is 7.80. The van der Waals surface area contributed by atoms with Crippen molar-refractivity contribution in [2.24, 2.45) is 7.05 Å². The molecule has 0 saturated carbocycles. The Hall–Kier alpha value is -3.84. The van der Waals surface area contributed by atoms with Gasteiger partial charge in [0.2, 0.25) is 0 Å². The van der Waals surface area contributed by atoms with Crippen LogP contribution in [-0.4, -0.2) is 25.3 Å². The number of nitrogens with zero attached hydrogens (tertiary/aromatic N) is 4. The Kier molecular flexibility index (Phi) is 4.80. The second kappa shape index (κ2) is 7.77. The molecule has 0 saturated heterocycles. The average Bonchev–Trinajstić information content (AvgIpc) is 3.32. The van der Waals surface area contributed by atoms with Crippen LogP contribution in [0.1, 0.15) is 10.4 Å². The molecule has 6 nitrogen and oxygen atoms in total. The monoisotopic (exact) mass is 425 g/mol. The molecule has 0 unspecified atom stereocenters. The second-order valence-electron chi connectivity index (χ2n) is 7.11. The largest absolute Gasteiger partial charge is 0.321 e. The molecule has 1 N–H and O–H groups in total. The first kappa shape index (κ1) is 19.1. The molecule has 7 heteroatoms. The minimum Gasteiger partial charge on any atom is -0.321 e. The summed E-state index contributed by atoms with van der Waals surface area (Å²) in [6.07, 6.45) is 0. The number of carbonyl (C=O) groups excluding carboxylic acids is 1. The number of aromatic nitrogens is 4. The minimum atomic E-state index is -0.180. The summed E-state index contributed by atoms with van der Waals surface area (Å²) in [6.45, 7) is 0. The Balaban J connectivity index is 1.62. The summed E-state index contributed by atoms with van der Waals surface area (Å²) >= 11 is 4.74. The van der Waals surface area contributed by atoms with Gasteiger partial charge in [-0.3, -0.25) is 4.79 Å². The third kappa shape index (κ3) is 3.39. The van der Waals surface area contributed by atoms with Gasteiger partial charge in [-0.25, -0.2) is 4.68 Å². The van der Waals surface area contributed by atoms with Crippen LogP contribution in [0.25, 0.3) is 28.3 Å². The number of aryl methyl sites for hydroxylation is 1. The number of carbonyl (C=O) groups is 1. The van der Waals surface area contributed by atoms with Crippen LogP contribution in [0.4, 0.5) is 5.69 Å². The SMILES string of the molecule is Cn1nc(-c2ccccc2NC(=O)c2ccccc2)n2nc(-c3ccccc3)c(S)c12. The van der Waals surface area contributed by atoms with Crippen LogP contribution < -0.4 is 5.32 Å². The van der Waals surface area contributed by atoms with E-state index < -0.39 is 0 Å². The lowest BCUT2D eigenvalue weighted by molar-refractivity contribution is 0.102. The van der Waals surface area contributed by atoms with Gasteiger partial charge in [0.05, 0.1) is 10.6 Å². The molecule has 5 aromatic rings. The fraction of sp³-hybridized carbons (Fsp3) is 0.0417. The maximum absolute atomic E-state index is 12.7. The molecule has 0 aliphatic carbocycles. The van der Waals surface area contributed by atoms with Gasteiger partial charge in [-0.05, 0) is 24.3 Å². The predicted octanol–water partition coefficient (Wildman–Crippen LogP) is 4.94. The van der Waals surface area contributed by atoms with E-state index in [1.54, 1.807) is 21.3 Å². The van der Waals surface area contributed by atoms with E-state index in [4.69, 9.17) is 17.7 Å². The van der Waals surface area contributed by atoms with Gasteiger partial charge < -0.3 is 5.32 Å². The standard InChI is InChI=1S/C24H19N5OS/c1-28-24-21(31)20(16-10-4-2-5-11-16)26-29(24)22(27-28)18-14-8-9-15-19(18)25-23(30)17-12-6-3-7-13-17/h2-15,31H,1H3,(H,25,30). The van der Waals surface area contributed by atoms with Gasteiger partial charge in [0.1, 0.15) is 5.69 Å². The summed E-state index contributed by atoms with van der Waals surface area (Å²) in [4.78, 5) is 13.5. The van der Waals surface area contributed by atoms with Crippen molar-refractivity contribution < 1.29 is 4.79 Å². The van der Waals surface area contributed by atoms with Gasteiger partial charge in [0.15, 0.2) is 11.5 Å². The molecule has 0 spiro atoms. The van der Waals surface area contributed by atoms with Crippen LogP contribution >= 0.6 is 12.6 Å². The Bertz CT molecular complexity index is 1390. The molecule has 152 valence electrons. The van der Waals surface area contributed by atoms with E-state index in [0.717, 1.165) is 27.4 Å². The number of fused-ring (bicyclic) bond motifs is 1. The number of rotatable bonds is 4. The lowest BCUT2D eigenvalue weighted by Crippen LogP contribution is -2.12. The van der Waals surface area contributed by atoms with E-state index in [9.17, 15) is 4.79 Å². The third-order valence-corrected chi connectivity index (χ3v) is 5.50. The number of hydrogen-bond donors (Lipinski definition) is 2. The predicted molar refractivity (Wildman–Crippen MR) is 124 cm³/mol. The number of anilines is 1. The van der Waals surface area contributed by atoms with Gasteiger partial charge in [0, 0.05) is 23.7 Å². The number of thiol groups is 1. The van der Waals surface area contributed by atoms with Crippen molar-refractivity contribution in [2.75, 3.05) is 5.32 Å². The molecule has 1 amide bonds. The third-order valence-electron chi connectivity index (χ3n) is 5.09. The van der Waals surface area contributed by atoms with Gasteiger partial charge in [-0.15, -0.1) is 12.6 Å². The molecular weight excluding hydrogens is 406 g/mol. The van der Waals surface area contributed by atoms with Crippen molar-refractivity contribution in [1.82, 2.24) is 19.4 Å². The topological polar surface area (TPSA) is 64.2 Å². The number of para-hydroxylation sites is 1. The maximum Gasteiger partial charge on any atom is 0.255 e. The normalized spacial score (nSPS) is 11.0. The van der Waals surface area contributed by atoms with Crippen LogP contribution in [0.2, 0.25) is 0 Å². The van der Waals surface area contributed by atoms with E-state index in [2.05, 4.69) is 10.4 Å². The fourth-order valence-electron chi connectivity index (χ4n) is 3.60. The highest BCUT2D eigenvalue weighted by Gasteiger charge is 2.21. The van der Waals surface area contributed by atoms with Crippen LogP contribution in [0.15, 0.2) is 89.8 Å². The Labute approximate surface area is 184 Å². The Morgan fingerprint density at radius 2 is 1.52 bits per heavy atom. The summed E-state index contributed by atoms with van der Waals surface area (Å²) in [6, 6.07) is 26.6. The number of benzene rings is 3. The molecule has 0 radical (unpaired) electrons. The summed E-state index contributed by atoms with van der Waals surface area (Å²) in [7, 11) is 1.86. The molecule has 0 aliphatic rings. The van der Waals surface area contributed by atoms with Crippen molar-refractivity contribution in [3.8, 4) is 22.6 Å². The number of nitrogens with one attached hydrogen (secondary N) is 1. The molecule has 2 heterocycles. The summed E-state index contributed by atoms with van der Waals surface area (Å²) in [5.74, 6) is 0.444. The first-order valence-electron chi connectivity index (χ1n) is 9.79. The van der Waals surface area contributed by atoms with E-state index >= 15 is 0 Å². The zero-order chi connectivity index (χ0) is 21.4. The molecule has 0 fully saturated rings. The first-order chi connectivity index (χ1) is 15.1. The van der Waals surface area contributed by atoms with Crippen molar-refractivity contribution in [3.05, 3.63) is 90.5 Å². The van der Waals surface area contributed by atoms with Gasteiger partial charge >= 0.3 is 0 Å². The Morgan fingerprint density at radius 3 is 2.26 bits per heavy atom. The van der Waals surface area contributed by atoms with E-state index in [1.165, 1.54) is 0 Å². The first-order valence-corrected chi connectivity index (χ1v) is 10.2. The summed E-state index contributed by atoms with van der Waals surface area (Å²) in [5.41, 5.74) is 4.56. The molecule has 3 aromatic carbocycles. The van der Waals surface area contributed by atoms with Crippen molar-refractivity contribution in [3.63, 3.8) is 0 Å². The molecule has 5 rings (SSSR count). The average molecular weight is 426 g/mol. The number of amides is 1. The van der Waals surface area contributed by atoms with Crippen molar-refractivity contribution in [1.29, 1.82) is 0 Å². The van der Waals surface area contributed by atoms with Crippen molar-refractivity contribution >= 4 is 29.9 Å². The molecular formula is C24H19N5OS. The van der Waals surface area contributed by atoms with Crippen molar-refractivity contribution in [2.45, 2.75) is 4.90 Å². The Morgan fingerprint density at radius 1 is 0.871 bits per heavy atom. The molecule has 0 aliphatic heterocycles. The van der Waals surface area contributed by atoms with Crippen LogP contribution in [0.5, 0.6) is 0 Å². The molecule has 2 aromatic heterocycles. The second-order valence-corrected chi connectivity index (χ2v) is 7.56. The van der Waals surface area contributed by atoms with Gasteiger partial charge in [-0.2, -0.15) is 14.7 Å². The highest BCUT2D eigenvalue weighted by atomic mass is 32.1. The highest BCUT2D eigenvalue weighted by Crippen LogP contribution is 2.33. The van der Waals surface area contributed by atoms with Crippen LogP contribution in [0, 0.1) is 0 Å². The summed E-state index contributed by atoms with van der Waals surface area (Å²) in [5, 5.41) is 12.5. The van der Waals surface area contributed by atoms with Gasteiger partial charge in [-0.1, -0.05) is 60.7 Å². The minimum absolute atomic E-state index is 0.180. The number of hydrogen-bond acceptors (Lipinski definition) is 4. The lowest BCUT2D eigenvalue weighted by atomic mass is 10.1. The van der Waals surface area contributed by atoms with E-state index in [-0.39, 0.29) is 5.91 Å². The zero-order valence-electron chi connectivity index (χ0n) is 16.7. The van der Waals surface area contributed by atoms with Crippen LogP contribution in [0.3, 0.4) is 0 Å². The van der Waals surface area contributed by atoms with Crippen LogP contribution in [-0.2, 0) is 7.05 Å². The molecule has 0 bridgehead atoms. The molecule has 31 heavy (non-hydrogen) atoms. The quantitative estimate of drug-likeness (QED) is 0.401. The van der Waals surface area contributed by atoms with E-state index in [1.807, 2.05) is 79.8 Å². The smallest absolute Gasteiger partial charge is 0.255 e. The zero-order valence-corrected chi connectivity index (χ0v) is 17.6. The summed E-state index contributed by atoms with van der Waals surface area (Å²) < 4.78 is 3.53. The molecule has 0 atom stereocenters. The fourth-order valence-corrected chi connectivity index (χ4v) is 4.01. The lowest BCUT2D eigenvalue weighted by Gasteiger charge is -2.09. The van der Waals surface area contributed by atoms with E-state index in [0.29, 0.717) is 17.1 Å². The maximum atomic E-state index is 12.7. The van der Waals surface area contributed by atoms with Gasteiger partial charge in [0.25, 0.3) is 5.91 Å².